The average molecular weight is 447 g/mol. The molecule has 1 heterocycles. The second kappa shape index (κ2) is 10.4. The van der Waals surface area contributed by atoms with E-state index in [9.17, 15) is 4.79 Å². The molecule has 0 atom stereocenters. The second-order valence-corrected chi connectivity index (χ2v) is 8.86. The standard InChI is InChI=1S/C31H30N2O/c34-31(24-30(27-12-6-2-7-13-27)28-14-8-3-9-15-28)33-22-20-32(21-23-33)29-18-16-26(17-19-29)25-10-4-1-5-11-25/h1-19,30H,20-24H2. The maximum absolute atomic E-state index is 13.3. The van der Waals surface area contributed by atoms with Crippen LogP contribution in [0.3, 0.4) is 0 Å². The van der Waals surface area contributed by atoms with E-state index < -0.39 is 0 Å². The van der Waals surface area contributed by atoms with Crippen molar-refractivity contribution in [2.45, 2.75) is 12.3 Å². The van der Waals surface area contributed by atoms with Crippen LogP contribution in [-0.2, 0) is 4.79 Å². The van der Waals surface area contributed by atoms with Gasteiger partial charge >= 0.3 is 0 Å². The van der Waals surface area contributed by atoms with Crippen LogP contribution in [0.15, 0.2) is 115 Å². The summed E-state index contributed by atoms with van der Waals surface area (Å²) in [6, 6.07) is 40.0. The Morgan fingerprint density at radius 1 is 0.588 bits per heavy atom. The van der Waals surface area contributed by atoms with Gasteiger partial charge in [0.25, 0.3) is 0 Å². The number of rotatable bonds is 6. The van der Waals surface area contributed by atoms with Gasteiger partial charge in [0.05, 0.1) is 0 Å². The Kier molecular flexibility index (Phi) is 6.71. The number of hydrogen-bond acceptors (Lipinski definition) is 2. The van der Waals surface area contributed by atoms with Crippen molar-refractivity contribution < 1.29 is 4.79 Å². The molecule has 0 aromatic heterocycles. The Morgan fingerprint density at radius 2 is 1.06 bits per heavy atom. The molecule has 1 saturated heterocycles. The normalized spacial score (nSPS) is 13.8. The lowest BCUT2D eigenvalue weighted by Gasteiger charge is -2.37. The maximum atomic E-state index is 13.3. The van der Waals surface area contributed by atoms with E-state index in [1.54, 1.807) is 0 Å². The van der Waals surface area contributed by atoms with Crippen molar-refractivity contribution in [3.63, 3.8) is 0 Å². The van der Waals surface area contributed by atoms with Crippen LogP contribution in [0.4, 0.5) is 5.69 Å². The van der Waals surface area contributed by atoms with E-state index in [0.717, 1.165) is 26.2 Å². The van der Waals surface area contributed by atoms with Crippen LogP contribution in [-0.4, -0.2) is 37.0 Å². The van der Waals surface area contributed by atoms with Gasteiger partial charge in [0.2, 0.25) is 5.91 Å². The van der Waals surface area contributed by atoms with Crippen LogP contribution in [0.25, 0.3) is 11.1 Å². The van der Waals surface area contributed by atoms with Gasteiger partial charge in [-0.05, 0) is 34.4 Å². The second-order valence-electron chi connectivity index (χ2n) is 8.86. The number of piperazine rings is 1. The van der Waals surface area contributed by atoms with Crippen molar-refractivity contribution >= 4 is 11.6 Å². The van der Waals surface area contributed by atoms with Gasteiger partial charge in [-0.15, -0.1) is 0 Å². The lowest BCUT2D eigenvalue weighted by molar-refractivity contribution is -0.131. The van der Waals surface area contributed by atoms with Gasteiger partial charge in [-0.25, -0.2) is 0 Å². The van der Waals surface area contributed by atoms with E-state index in [1.807, 2.05) is 23.1 Å². The molecule has 5 rings (SSSR count). The van der Waals surface area contributed by atoms with Gasteiger partial charge in [0, 0.05) is 44.2 Å². The molecule has 1 amide bonds. The molecule has 34 heavy (non-hydrogen) atoms. The van der Waals surface area contributed by atoms with Crippen molar-refractivity contribution in [3.05, 3.63) is 126 Å². The molecule has 3 nitrogen and oxygen atoms in total. The predicted octanol–water partition coefficient (Wildman–Crippen LogP) is 6.22. The Bertz CT molecular complexity index is 1140. The lowest BCUT2D eigenvalue weighted by Crippen LogP contribution is -2.49. The molecule has 4 aromatic rings. The molecule has 0 spiro atoms. The Morgan fingerprint density at radius 3 is 1.59 bits per heavy atom. The summed E-state index contributed by atoms with van der Waals surface area (Å²) in [5, 5.41) is 0. The molecule has 1 aliphatic rings. The minimum Gasteiger partial charge on any atom is -0.368 e. The number of carbonyl (C=O) groups excluding carboxylic acids is 1. The Hall–Kier alpha value is -3.85. The van der Waals surface area contributed by atoms with Crippen LogP contribution >= 0.6 is 0 Å². The van der Waals surface area contributed by atoms with Crippen LogP contribution < -0.4 is 4.90 Å². The molecular weight excluding hydrogens is 416 g/mol. The lowest BCUT2D eigenvalue weighted by atomic mass is 9.88. The van der Waals surface area contributed by atoms with Gasteiger partial charge in [-0.1, -0.05) is 103 Å². The zero-order chi connectivity index (χ0) is 23.2. The molecular formula is C31H30N2O. The first-order chi connectivity index (χ1) is 16.8. The molecule has 0 radical (unpaired) electrons. The maximum Gasteiger partial charge on any atom is 0.223 e. The number of benzene rings is 4. The summed E-state index contributed by atoms with van der Waals surface area (Å²) in [7, 11) is 0. The summed E-state index contributed by atoms with van der Waals surface area (Å²) in [4.78, 5) is 17.7. The number of amides is 1. The van der Waals surface area contributed by atoms with Crippen LogP contribution in [0.2, 0.25) is 0 Å². The van der Waals surface area contributed by atoms with Crippen molar-refractivity contribution in [2.75, 3.05) is 31.1 Å². The van der Waals surface area contributed by atoms with Gasteiger partial charge in [0.1, 0.15) is 0 Å². The first-order valence-electron chi connectivity index (χ1n) is 12.1. The number of carbonyl (C=O) groups is 1. The summed E-state index contributed by atoms with van der Waals surface area (Å²) in [6.07, 6.45) is 0.500. The van der Waals surface area contributed by atoms with Gasteiger partial charge < -0.3 is 9.80 Å². The van der Waals surface area contributed by atoms with E-state index >= 15 is 0 Å². The highest BCUT2D eigenvalue weighted by Gasteiger charge is 2.25. The highest BCUT2D eigenvalue weighted by Crippen LogP contribution is 2.29. The largest absolute Gasteiger partial charge is 0.368 e. The summed E-state index contributed by atoms with van der Waals surface area (Å²) in [5.41, 5.74) is 6.07. The van der Waals surface area contributed by atoms with Crippen molar-refractivity contribution in [3.8, 4) is 11.1 Å². The molecule has 170 valence electrons. The van der Waals surface area contributed by atoms with Crippen LogP contribution in [0, 0.1) is 0 Å². The third kappa shape index (κ3) is 5.04. The van der Waals surface area contributed by atoms with E-state index in [0.29, 0.717) is 6.42 Å². The van der Waals surface area contributed by atoms with Crippen molar-refractivity contribution in [1.82, 2.24) is 4.90 Å². The number of hydrogen-bond donors (Lipinski definition) is 0. The molecule has 4 aromatic carbocycles. The van der Waals surface area contributed by atoms with E-state index in [1.165, 1.54) is 27.9 Å². The SMILES string of the molecule is O=C(CC(c1ccccc1)c1ccccc1)N1CCN(c2ccc(-c3ccccc3)cc2)CC1. The fourth-order valence-electron chi connectivity index (χ4n) is 4.81. The topological polar surface area (TPSA) is 23.6 Å². The smallest absolute Gasteiger partial charge is 0.223 e. The molecule has 0 unspecified atom stereocenters. The molecule has 1 fully saturated rings. The molecule has 3 heteroatoms. The fourth-order valence-corrected chi connectivity index (χ4v) is 4.81. The zero-order valence-corrected chi connectivity index (χ0v) is 19.4. The molecule has 0 bridgehead atoms. The number of anilines is 1. The summed E-state index contributed by atoms with van der Waals surface area (Å²) in [5.74, 6) is 0.315. The monoisotopic (exact) mass is 446 g/mol. The van der Waals surface area contributed by atoms with Crippen LogP contribution in [0.1, 0.15) is 23.5 Å². The first-order valence-corrected chi connectivity index (χ1v) is 12.1. The Labute approximate surface area is 202 Å². The third-order valence-electron chi connectivity index (χ3n) is 6.75. The molecule has 0 aliphatic carbocycles. The highest BCUT2D eigenvalue weighted by atomic mass is 16.2. The Balaban J connectivity index is 1.22. The molecule has 0 saturated carbocycles. The first kappa shape index (κ1) is 22.0. The zero-order valence-electron chi connectivity index (χ0n) is 19.4. The minimum atomic E-state index is 0.0819. The van der Waals surface area contributed by atoms with Crippen LogP contribution in [0.5, 0.6) is 0 Å². The third-order valence-corrected chi connectivity index (χ3v) is 6.75. The number of nitrogens with zero attached hydrogens (tertiary/aromatic N) is 2. The van der Waals surface area contributed by atoms with E-state index in [2.05, 4.69) is 102 Å². The predicted molar refractivity (Wildman–Crippen MR) is 140 cm³/mol. The fraction of sp³-hybridized carbons (Fsp3) is 0.194. The quantitative estimate of drug-likeness (QED) is 0.351. The van der Waals surface area contributed by atoms with Gasteiger partial charge in [0.15, 0.2) is 0 Å². The summed E-state index contributed by atoms with van der Waals surface area (Å²) >= 11 is 0. The minimum absolute atomic E-state index is 0.0819. The van der Waals surface area contributed by atoms with Crippen molar-refractivity contribution in [1.29, 1.82) is 0 Å². The summed E-state index contributed by atoms with van der Waals surface area (Å²) in [6.45, 7) is 3.24. The van der Waals surface area contributed by atoms with E-state index in [4.69, 9.17) is 0 Å². The molecule has 0 N–H and O–H groups in total. The average Bonchev–Trinajstić information content (AvgIpc) is 2.93. The van der Waals surface area contributed by atoms with Gasteiger partial charge in [-0.2, -0.15) is 0 Å². The van der Waals surface area contributed by atoms with Gasteiger partial charge in [-0.3, -0.25) is 4.79 Å². The van der Waals surface area contributed by atoms with E-state index in [-0.39, 0.29) is 11.8 Å². The summed E-state index contributed by atoms with van der Waals surface area (Å²) < 4.78 is 0. The van der Waals surface area contributed by atoms with Crippen molar-refractivity contribution in [2.24, 2.45) is 0 Å². The highest BCUT2D eigenvalue weighted by molar-refractivity contribution is 5.78. The molecule has 1 aliphatic heterocycles.